The Morgan fingerprint density at radius 3 is 2.31 bits per heavy atom. The van der Waals surface area contributed by atoms with Crippen molar-refractivity contribution in [2.45, 2.75) is 161 Å². The van der Waals surface area contributed by atoms with Crippen LogP contribution in [0.1, 0.15) is 131 Å². The summed E-state index contributed by atoms with van der Waals surface area (Å²) in [7, 11) is 0. The van der Waals surface area contributed by atoms with E-state index >= 15 is 0 Å². The van der Waals surface area contributed by atoms with Gasteiger partial charge in [0.25, 0.3) is 0 Å². The second-order valence-electron chi connectivity index (χ2n) is 15.1. The van der Waals surface area contributed by atoms with Gasteiger partial charge in [-0.25, -0.2) is 19.3 Å². The van der Waals surface area contributed by atoms with E-state index in [4.69, 9.17) is 19.9 Å². The van der Waals surface area contributed by atoms with Crippen LogP contribution in [0.3, 0.4) is 0 Å². The Morgan fingerprint density at radius 2 is 1.65 bits per heavy atom. The molecule has 0 bridgehead atoms. The Kier molecular flexibility index (Phi) is 18.5. The molecule has 3 unspecified atom stereocenters. The zero-order valence-electron chi connectivity index (χ0n) is 31.8. The zero-order valence-corrected chi connectivity index (χ0v) is 31.8. The number of carbonyl (C=O) groups is 4. The first kappa shape index (κ1) is 43.0. The molecule has 2 aliphatic heterocycles. The second-order valence-corrected chi connectivity index (χ2v) is 15.1. The number of ether oxygens (including phenoxy) is 3. The number of nitrogens with two attached hydrogens (primary N) is 1. The molecule has 0 aliphatic carbocycles. The van der Waals surface area contributed by atoms with Crippen molar-refractivity contribution in [2.75, 3.05) is 0 Å². The second kappa shape index (κ2) is 21.9. The van der Waals surface area contributed by atoms with Gasteiger partial charge in [0.05, 0.1) is 11.9 Å². The summed E-state index contributed by atoms with van der Waals surface area (Å²) in [6.45, 7) is 14.6. The van der Waals surface area contributed by atoms with Gasteiger partial charge in [-0.1, -0.05) is 61.4 Å². The molecular weight excluding hydrogens is 648 g/mol. The Bertz CT molecular complexity index is 1310. The van der Waals surface area contributed by atoms with Gasteiger partial charge < -0.3 is 25.3 Å². The van der Waals surface area contributed by atoms with Crippen molar-refractivity contribution in [1.82, 2.24) is 10.2 Å². The number of nitrogens with zero attached hydrogens (tertiary/aromatic N) is 2. The molecule has 0 aromatic heterocycles. The smallest absolute Gasteiger partial charge is 0.417 e. The number of hydrogen-bond acceptors (Lipinski definition) is 9. The molecule has 3 N–H and O–H groups in total. The number of carbonyl (C=O) groups excluding carboxylic acids is 4. The molecule has 3 rings (SSSR count). The van der Waals surface area contributed by atoms with Crippen molar-refractivity contribution in [3.63, 3.8) is 0 Å². The number of hydrogen-bond donors (Lipinski definition) is 2. The monoisotopic (exact) mass is 710 g/mol. The molecule has 51 heavy (non-hydrogen) atoms. The molecule has 1 aromatic rings. The highest BCUT2D eigenvalue weighted by Crippen LogP contribution is 2.24. The molecule has 11 nitrogen and oxygen atoms in total. The van der Waals surface area contributed by atoms with Gasteiger partial charge in [-0.2, -0.15) is 0 Å². The number of allylic oxidation sites excluding steroid dienone is 1. The topological polar surface area (TPSA) is 150 Å². The van der Waals surface area contributed by atoms with Crippen LogP contribution in [0.25, 0.3) is 0 Å². The van der Waals surface area contributed by atoms with Gasteiger partial charge in [-0.15, -0.1) is 6.58 Å². The molecule has 0 radical (unpaired) electrons. The Hall–Kier alpha value is -4.15. The standard InChI is InChI=1S/C24H35N3O4.C16H27NO3/c1-24(2,3)31-23(29)27-20(22(28)30-17-18-11-5-4-6-12-18)15-9-7-13-19-14-8-10-16-21(25)26-19;1-5-6-7-10-13-11-8-9-12-14(18)17(13)15(19)20-16(2,3)4/h4-7,9,11-12,19-20H,8,10,13-17H2,1-3H3,(H2,25,26)(H,27,29);5,13H,1,6-12H2,2-4H3. The number of imide groups is 1. The molecule has 0 spiro atoms. The summed E-state index contributed by atoms with van der Waals surface area (Å²) in [6.07, 6.45) is 15.5. The third-order valence-electron chi connectivity index (χ3n) is 8.06. The van der Waals surface area contributed by atoms with E-state index in [0.717, 1.165) is 76.2 Å². The Balaban J connectivity index is 0.000000389. The maximum Gasteiger partial charge on any atom is 0.417 e. The van der Waals surface area contributed by atoms with E-state index in [1.807, 2.05) is 69.3 Å². The van der Waals surface area contributed by atoms with Crippen molar-refractivity contribution < 1.29 is 33.4 Å². The van der Waals surface area contributed by atoms with Crippen LogP contribution in [0.2, 0.25) is 0 Å². The minimum atomic E-state index is -0.836. The lowest BCUT2D eigenvalue weighted by Crippen LogP contribution is -2.46. The van der Waals surface area contributed by atoms with Crippen molar-refractivity contribution in [3.8, 4) is 0 Å². The zero-order chi connectivity index (χ0) is 37.9. The maximum absolute atomic E-state index is 12.6. The van der Waals surface area contributed by atoms with Crippen LogP contribution in [0.4, 0.5) is 9.59 Å². The number of amidine groups is 1. The SMILES string of the molecule is C=CCCCC1CCCCC(=O)N1C(=O)OC(C)(C)C.CC(C)(C)OC(=O)NC(CC=CCC1CCCCC(N)=N1)C(=O)OCc1ccccc1. The van der Waals surface area contributed by atoms with E-state index in [9.17, 15) is 19.2 Å². The van der Waals surface area contributed by atoms with Crippen LogP contribution in [-0.2, 0) is 30.4 Å². The Labute approximate surface area is 305 Å². The molecule has 1 saturated heterocycles. The predicted octanol–water partition coefficient (Wildman–Crippen LogP) is 8.31. The molecule has 2 aliphatic rings. The molecule has 2 heterocycles. The van der Waals surface area contributed by atoms with Crippen LogP contribution in [0.5, 0.6) is 0 Å². The van der Waals surface area contributed by atoms with E-state index in [0.29, 0.717) is 18.7 Å². The summed E-state index contributed by atoms with van der Waals surface area (Å²) in [5.41, 5.74) is 5.56. The predicted molar refractivity (Wildman–Crippen MR) is 201 cm³/mol. The van der Waals surface area contributed by atoms with E-state index in [1.165, 1.54) is 4.90 Å². The summed E-state index contributed by atoms with van der Waals surface area (Å²) >= 11 is 0. The average Bonchev–Trinajstić information content (AvgIpc) is 3.37. The molecule has 284 valence electrons. The minimum Gasteiger partial charge on any atom is -0.459 e. The van der Waals surface area contributed by atoms with Crippen molar-refractivity contribution >= 4 is 29.9 Å². The van der Waals surface area contributed by atoms with Gasteiger partial charge in [-0.05, 0) is 105 Å². The van der Waals surface area contributed by atoms with Crippen molar-refractivity contribution in [3.05, 3.63) is 60.7 Å². The third-order valence-corrected chi connectivity index (χ3v) is 8.06. The normalized spacial score (nSPS) is 19.0. The molecule has 11 heteroatoms. The fourth-order valence-corrected chi connectivity index (χ4v) is 5.64. The number of rotatable bonds is 12. The van der Waals surface area contributed by atoms with Gasteiger partial charge in [-0.3, -0.25) is 9.79 Å². The molecule has 1 fully saturated rings. The van der Waals surface area contributed by atoms with Crippen LogP contribution >= 0.6 is 0 Å². The summed E-state index contributed by atoms with van der Waals surface area (Å²) in [5.74, 6) is 0.112. The Morgan fingerprint density at radius 1 is 0.980 bits per heavy atom. The van der Waals surface area contributed by atoms with Crippen molar-refractivity contribution in [1.29, 1.82) is 0 Å². The van der Waals surface area contributed by atoms with Crippen LogP contribution in [-0.4, -0.2) is 64.1 Å². The lowest BCUT2D eigenvalue weighted by molar-refractivity contribution is -0.147. The minimum absolute atomic E-state index is 0.0280. The largest absolute Gasteiger partial charge is 0.459 e. The molecule has 0 saturated carbocycles. The first-order chi connectivity index (χ1) is 24.1. The molecular formula is C40H62N4O7. The summed E-state index contributed by atoms with van der Waals surface area (Å²) in [5, 5.41) is 2.63. The summed E-state index contributed by atoms with van der Waals surface area (Å²) in [4.78, 5) is 55.2. The van der Waals surface area contributed by atoms with Gasteiger partial charge in [0.1, 0.15) is 23.9 Å². The number of aliphatic imine (C=N–C) groups is 1. The maximum atomic E-state index is 12.6. The number of benzene rings is 1. The number of likely N-dealkylation sites (tertiary alicyclic amines) is 1. The third kappa shape index (κ3) is 18.6. The van der Waals surface area contributed by atoms with E-state index < -0.39 is 35.4 Å². The van der Waals surface area contributed by atoms with Crippen LogP contribution < -0.4 is 11.1 Å². The van der Waals surface area contributed by atoms with Gasteiger partial charge >= 0.3 is 18.2 Å². The lowest BCUT2D eigenvalue weighted by Gasteiger charge is -2.30. The van der Waals surface area contributed by atoms with E-state index in [-0.39, 0.29) is 24.6 Å². The quantitative estimate of drug-likeness (QED) is 0.0952. The van der Waals surface area contributed by atoms with E-state index in [1.54, 1.807) is 20.8 Å². The van der Waals surface area contributed by atoms with Crippen LogP contribution in [0, 0.1) is 0 Å². The summed E-state index contributed by atoms with van der Waals surface area (Å²) in [6, 6.07) is 8.72. The first-order valence-electron chi connectivity index (χ1n) is 18.4. The lowest BCUT2D eigenvalue weighted by atomic mass is 10.0. The average molecular weight is 711 g/mol. The van der Waals surface area contributed by atoms with E-state index in [2.05, 4.69) is 16.9 Å². The van der Waals surface area contributed by atoms with Gasteiger partial charge in [0.2, 0.25) is 5.91 Å². The van der Waals surface area contributed by atoms with Gasteiger partial charge in [0, 0.05) is 18.9 Å². The molecule has 1 aromatic carbocycles. The van der Waals surface area contributed by atoms with Crippen molar-refractivity contribution in [2.24, 2.45) is 10.7 Å². The number of esters is 1. The first-order valence-corrected chi connectivity index (χ1v) is 18.4. The fourth-order valence-electron chi connectivity index (χ4n) is 5.64. The van der Waals surface area contributed by atoms with Gasteiger partial charge in [0.15, 0.2) is 0 Å². The van der Waals surface area contributed by atoms with Crippen LogP contribution in [0.15, 0.2) is 60.1 Å². The highest BCUT2D eigenvalue weighted by molar-refractivity contribution is 5.92. The number of nitrogens with one attached hydrogen (secondary N) is 1. The number of unbranched alkanes of at least 4 members (excludes halogenated alkanes) is 1. The highest BCUT2D eigenvalue weighted by atomic mass is 16.6. The number of alkyl carbamates (subject to hydrolysis) is 1. The fraction of sp³-hybridized carbons (Fsp3) is 0.625. The molecule has 3 amide bonds. The highest BCUT2D eigenvalue weighted by Gasteiger charge is 2.34. The molecule has 3 atom stereocenters. The summed E-state index contributed by atoms with van der Waals surface area (Å²) < 4.78 is 16.1. The number of amides is 3.